The molecule has 146 valence electrons. The molecule has 0 unspecified atom stereocenters. The number of sulfonamides is 1. The molecule has 3 rings (SSSR count). The summed E-state index contributed by atoms with van der Waals surface area (Å²) in [6, 6.07) is 8.70. The fourth-order valence-electron chi connectivity index (χ4n) is 2.93. The number of pyridine rings is 1. The topological polar surface area (TPSA) is 120 Å². The van der Waals surface area contributed by atoms with Crippen molar-refractivity contribution in [1.29, 1.82) is 0 Å². The fourth-order valence-corrected chi connectivity index (χ4v) is 3.97. The molecule has 0 aliphatic rings. The molecule has 0 aliphatic heterocycles. The Bertz CT molecular complexity index is 1190. The number of imidazole rings is 1. The molecule has 0 spiro atoms. The molecule has 1 amide bonds. The maximum absolute atomic E-state index is 12.1. The Morgan fingerprint density at radius 3 is 2.61 bits per heavy atom. The second-order valence-corrected chi connectivity index (χ2v) is 8.99. The third kappa shape index (κ3) is 4.07. The molecule has 2 heterocycles. The summed E-state index contributed by atoms with van der Waals surface area (Å²) in [4.78, 5) is 20.9. The number of anilines is 1. The largest absolute Gasteiger partial charge is 0.364 e. The summed E-state index contributed by atoms with van der Waals surface area (Å²) in [5.74, 6) is -0.206. The third-order valence-corrected chi connectivity index (χ3v) is 5.09. The van der Waals surface area contributed by atoms with Crippen LogP contribution < -0.4 is 10.5 Å². The number of primary amides is 1. The molecule has 3 aromatic rings. The van der Waals surface area contributed by atoms with E-state index in [4.69, 9.17) is 5.73 Å². The van der Waals surface area contributed by atoms with Gasteiger partial charge in [-0.25, -0.2) is 13.4 Å². The van der Waals surface area contributed by atoms with Crippen molar-refractivity contribution in [3.05, 3.63) is 52.3 Å². The van der Waals surface area contributed by atoms with E-state index < -0.39 is 15.9 Å². The summed E-state index contributed by atoms with van der Waals surface area (Å²) in [6.45, 7) is 1.90. The second kappa shape index (κ2) is 7.36. The molecule has 10 heteroatoms. The highest BCUT2D eigenvalue weighted by Gasteiger charge is 2.23. The summed E-state index contributed by atoms with van der Waals surface area (Å²) in [6.07, 6.45) is 2.71. The molecule has 3 N–H and O–H groups in total. The van der Waals surface area contributed by atoms with Crippen molar-refractivity contribution in [2.24, 2.45) is 12.8 Å². The van der Waals surface area contributed by atoms with Gasteiger partial charge in [-0.1, -0.05) is 22.0 Å². The number of nitrogens with zero attached hydrogens (tertiary/aromatic N) is 3. The van der Waals surface area contributed by atoms with Gasteiger partial charge >= 0.3 is 0 Å². The van der Waals surface area contributed by atoms with Crippen molar-refractivity contribution in [2.75, 3.05) is 11.0 Å². The molecule has 0 saturated heterocycles. The number of nitrogens with one attached hydrogen (secondary N) is 1. The molecule has 0 fully saturated rings. The van der Waals surface area contributed by atoms with E-state index in [1.54, 1.807) is 36.0 Å². The molecular weight excluding hydrogens is 446 g/mol. The van der Waals surface area contributed by atoms with E-state index in [2.05, 4.69) is 30.6 Å². The predicted octanol–water partition coefficient (Wildman–Crippen LogP) is 2.69. The summed E-state index contributed by atoms with van der Waals surface area (Å²) in [5.41, 5.74) is 8.55. The molecule has 0 radical (unpaired) electrons. The summed E-state index contributed by atoms with van der Waals surface area (Å²) < 4.78 is 28.0. The molecule has 1 aromatic carbocycles. The first-order valence-electron chi connectivity index (χ1n) is 8.14. The van der Waals surface area contributed by atoms with E-state index in [-0.39, 0.29) is 5.69 Å². The zero-order valence-electron chi connectivity index (χ0n) is 15.4. The van der Waals surface area contributed by atoms with Crippen LogP contribution in [-0.4, -0.2) is 35.1 Å². The van der Waals surface area contributed by atoms with Gasteiger partial charge in [-0.15, -0.1) is 0 Å². The summed E-state index contributed by atoms with van der Waals surface area (Å²) in [7, 11) is -1.71. The van der Waals surface area contributed by atoms with Crippen LogP contribution in [0.25, 0.3) is 22.8 Å². The van der Waals surface area contributed by atoms with Crippen LogP contribution >= 0.6 is 15.9 Å². The number of carbonyl (C=O) groups is 1. The Labute approximate surface area is 171 Å². The molecule has 0 aliphatic carbocycles. The number of rotatable bonds is 5. The quantitative estimate of drug-likeness (QED) is 0.602. The molecule has 0 atom stereocenters. The van der Waals surface area contributed by atoms with E-state index in [1.165, 1.54) is 0 Å². The van der Waals surface area contributed by atoms with Gasteiger partial charge in [-0.2, -0.15) is 0 Å². The highest BCUT2D eigenvalue weighted by Crippen LogP contribution is 2.33. The van der Waals surface area contributed by atoms with Crippen molar-refractivity contribution in [3.8, 4) is 22.8 Å². The first kappa shape index (κ1) is 20.0. The number of halogens is 1. The van der Waals surface area contributed by atoms with E-state index >= 15 is 0 Å². The lowest BCUT2D eigenvalue weighted by Gasteiger charge is -2.11. The van der Waals surface area contributed by atoms with Crippen molar-refractivity contribution in [3.63, 3.8) is 0 Å². The van der Waals surface area contributed by atoms with Gasteiger partial charge in [0.1, 0.15) is 5.69 Å². The normalized spacial score (nSPS) is 11.4. The Balaban J connectivity index is 2.25. The van der Waals surface area contributed by atoms with Gasteiger partial charge in [0.15, 0.2) is 11.5 Å². The van der Waals surface area contributed by atoms with Gasteiger partial charge in [0.25, 0.3) is 5.91 Å². The van der Waals surface area contributed by atoms with Gasteiger partial charge < -0.3 is 10.3 Å². The van der Waals surface area contributed by atoms with Crippen LogP contribution in [0, 0.1) is 6.92 Å². The lowest BCUT2D eigenvalue weighted by Crippen LogP contribution is -2.13. The number of carbonyl (C=O) groups excluding carboxylic acids is 1. The number of amides is 1. The zero-order valence-corrected chi connectivity index (χ0v) is 17.8. The average molecular weight is 464 g/mol. The highest BCUT2D eigenvalue weighted by atomic mass is 79.9. The van der Waals surface area contributed by atoms with Crippen molar-refractivity contribution in [2.45, 2.75) is 6.92 Å². The van der Waals surface area contributed by atoms with Crippen LogP contribution in [0.2, 0.25) is 0 Å². The van der Waals surface area contributed by atoms with Crippen LogP contribution in [0.4, 0.5) is 5.69 Å². The van der Waals surface area contributed by atoms with Crippen LogP contribution in [-0.2, 0) is 17.1 Å². The Morgan fingerprint density at radius 2 is 2.00 bits per heavy atom. The SMILES string of the molecule is Cc1cccnc1-c1nc(C(N)=O)c(-c2cc(Br)cc(NS(C)(=O)=O)c2)n1C. The van der Waals surface area contributed by atoms with E-state index in [9.17, 15) is 13.2 Å². The first-order chi connectivity index (χ1) is 13.1. The van der Waals surface area contributed by atoms with Crippen LogP contribution in [0.15, 0.2) is 41.0 Å². The lowest BCUT2D eigenvalue weighted by molar-refractivity contribution is 0.0996. The Kier molecular flexibility index (Phi) is 5.26. The van der Waals surface area contributed by atoms with Gasteiger partial charge in [0, 0.05) is 23.3 Å². The van der Waals surface area contributed by atoms with E-state index in [0.717, 1.165) is 11.8 Å². The Morgan fingerprint density at radius 1 is 1.29 bits per heavy atom. The summed E-state index contributed by atoms with van der Waals surface area (Å²) in [5, 5.41) is 0. The second-order valence-electron chi connectivity index (χ2n) is 6.33. The van der Waals surface area contributed by atoms with E-state index in [1.807, 2.05) is 19.1 Å². The average Bonchev–Trinajstić information content (AvgIpc) is 2.90. The van der Waals surface area contributed by atoms with Crippen LogP contribution in [0.5, 0.6) is 0 Å². The van der Waals surface area contributed by atoms with Gasteiger partial charge in [-0.3, -0.25) is 14.5 Å². The number of hydrogen-bond acceptors (Lipinski definition) is 5. The van der Waals surface area contributed by atoms with Crippen LogP contribution in [0.1, 0.15) is 16.1 Å². The summed E-state index contributed by atoms with van der Waals surface area (Å²) >= 11 is 3.37. The fraction of sp³-hybridized carbons (Fsp3) is 0.167. The minimum absolute atomic E-state index is 0.0750. The molecule has 8 nitrogen and oxygen atoms in total. The van der Waals surface area contributed by atoms with Crippen LogP contribution in [0.3, 0.4) is 0 Å². The van der Waals surface area contributed by atoms with Gasteiger partial charge in [-0.05, 0) is 36.8 Å². The molecule has 0 saturated carbocycles. The van der Waals surface area contributed by atoms with Crippen molar-refractivity contribution < 1.29 is 13.2 Å². The lowest BCUT2D eigenvalue weighted by atomic mass is 10.1. The highest BCUT2D eigenvalue weighted by molar-refractivity contribution is 9.10. The third-order valence-electron chi connectivity index (χ3n) is 4.02. The van der Waals surface area contributed by atoms with Crippen molar-refractivity contribution >= 4 is 37.5 Å². The molecule has 2 aromatic heterocycles. The minimum Gasteiger partial charge on any atom is -0.364 e. The number of nitrogens with two attached hydrogens (primary N) is 1. The predicted molar refractivity (Wildman–Crippen MR) is 111 cm³/mol. The zero-order chi connectivity index (χ0) is 20.6. The number of aromatic nitrogens is 3. The molecule has 28 heavy (non-hydrogen) atoms. The first-order valence-corrected chi connectivity index (χ1v) is 10.8. The monoisotopic (exact) mass is 463 g/mol. The minimum atomic E-state index is -3.47. The number of hydrogen-bond donors (Lipinski definition) is 2. The maximum atomic E-state index is 12.1. The molecular formula is C18H18BrN5O3S. The number of benzene rings is 1. The maximum Gasteiger partial charge on any atom is 0.269 e. The standard InChI is InChI=1S/C18H18BrN5O3S/c1-10-5-4-6-21-14(10)18-22-15(17(20)25)16(24(18)2)11-7-12(19)9-13(8-11)23-28(3,26)27/h4-9,23H,1-3H3,(H2,20,25). The van der Waals surface area contributed by atoms with Crippen molar-refractivity contribution in [1.82, 2.24) is 14.5 Å². The van der Waals surface area contributed by atoms with Gasteiger partial charge in [0.05, 0.1) is 17.6 Å². The van der Waals surface area contributed by atoms with Gasteiger partial charge in [0.2, 0.25) is 10.0 Å². The smallest absolute Gasteiger partial charge is 0.269 e. The number of aryl methyl sites for hydroxylation is 1. The molecule has 0 bridgehead atoms. The van der Waals surface area contributed by atoms with E-state index in [0.29, 0.717) is 32.9 Å². The Hall–Kier alpha value is -2.72.